The number of carbonyl (C=O) groups is 2. The fourth-order valence-electron chi connectivity index (χ4n) is 5.81. The standard InChI is InChI=1S/C33H35N3O3/c1-23(28-14-8-12-26-11-6-7-13-30(26)28)34-20-27-22-36(18-17-29(27)25-9-4-3-5-10-25)32(37)16-15-24-19-31(33(38)39)35(2)21-24/h3-16,19,21,23,27,29,34H,17-18,20,22H2,1-2H3,(H,38,39)/b16-15+/t23-,27?,29?/m1/s1. The molecule has 5 rings (SSSR count). The van der Waals surface area contributed by atoms with Crippen LogP contribution in [0.5, 0.6) is 0 Å². The average Bonchev–Trinajstić information content (AvgIpc) is 3.35. The van der Waals surface area contributed by atoms with Crippen molar-refractivity contribution in [3.63, 3.8) is 0 Å². The van der Waals surface area contributed by atoms with E-state index in [-0.39, 0.29) is 23.6 Å². The zero-order chi connectivity index (χ0) is 27.4. The van der Waals surface area contributed by atoms with Crippen LogP contribution in [0.3, 0.4) is 0 Å². The number of aromatic carboxylic acids is 1. The van der Waals surface area contributed by atoms with Crippen LogP contribution in [0, 0.1) is 5.92 Å². The van der Waals surface area contributed by atoms with Gasteiger partial charge in [-0.05, 0) is 64.8 Å². The lowest BCUT2D eigenvalue weighted by molar-refractivity contribution is -0.128. The first-order valence-electron chi connectivity index (χ1n) is 13.5. The largest absolute Gasteiger partial charge is 0.477 e. The fraction of sp³-hybridized carbons (Fsp3) is 0.273. The molecule has 200 valence electrons. The molecule has 1 saturated heterocycles. The quantitative estimate of drug-likeness (QED) is 0.284. The number of carboxylic acids is 1. The SMILES string of the molecule is C[C@@H](NCC1CN(C(=O)/C=C/c2cc(C(=O)O)n(C)c2)CCC1c1ccccc1)c1cccc2ccccc12. The van der Waals surface area contributed by atoms with Crippen molar-refractivity contribution in [3.05, 3.63) is 114 Å². The Morgan fingerprint density at radius 3 is 2.56 bits per heavy atom. The Bertz CT molecular complexity index is 1490. The maximum atomic E-state index is 13.2. The van der Waals surface area contributed by atoms with Crippen LogP contribution in [-0.2, 0) is 11.8 Å². The van der Waals surface area contributed by atoms with Crippen molar-refractivity contribution in [3.8, 4) is 0 Å². The molecule has 6 heteroatoms. The van der Waals surface area contributed by atoms with Gasteiger partial charge in [-0.1, -0.05) is 72.8 Å². The second kappa shape index (κ2) is 11.7. The molecule has 2 unspecified atom stereocenters. The Labute approximate surface area is 229 Å². The molecule has 0 saturated carbocycles. The normalized spacial score (nSPS) is 18.5. The molecule has 3 aromatic carbocycles. The third-order valence-corrected chi connectivity index (χ3v) is 7.91. The van der Waals surface area contributed by atoms with Crippen molar-refractivity contribution in [1.82, 2.24) is 14.8 Å². The van der Waals surface area contributed by atoms with Gasteiger partial charge in [0, 0.05) is 45.0 Å². The lowest BCUT2D eigenvalue weighted by atomic mass is 9.80. The van der Waals surface area contributed by atoms with Crippen LogP contribution in [0.1, 0.15) is 52.5 Å². The molecule has 0 spiro atoms. The van der Waals surface area contributed by atoms with Gasteiger partial charge in [-0.15, -0.1) is 0 Å². The number of benzene rings is 3. The molecule has 1 fully saturated rings. The number of hydrogen-bond donors (Lipinski definition) is 2. The summed E-state index contributed by atoms with van der Waals surface area (Å²) in [5, 5.41) is 15.6. The van der Waals surface area contributed by atoms with Gasteiger partial charge < -0.3 is 19.9 Å². The predicted molar refractivity (Wildman–Crippen MR) is 156 cm³/mol. The summed E-state index contributed by atoms with van der Waals surface area (Å²) in [4.78, 5) is 26.5. The van der Waals surface area contributed by atoms with Crippen LogP contribution in [0.25, 0.3) is 16.8 Å². The fourth-order valence-corrected chi connectivity index (χ4v) is 5.81. The summed E-state index contributed by atoms with van der Waals surface area (Å²) in [6.45, 7) is 4.34. The lowest BCUT2D eigenvalue weighted by Gasteiger charge is -2.39. The number of nitrogens with one attached hydrogen (secondary N) is 1. The summed E-state index contributed by atoms with van der Waals surface area (Å²) in [5.41, 5.74) is 3.48. The highest BCUT2D eigenvalue weighted by atomic mass is 16.4. The zero-order valence-electron chi connectivity index (χ0n) is 22.5. The highest BCUT2D eigenvalue weighted by Gasteiger charge is 2.32. The number of amides is 1. The van der Waals surface area contributed by atoms with E-state index in [2.05, 4.69) is 79.0 Å². The van der Waals surface area contributed by atoms with Crippen molar-refractivity contribution < 1.29 is 14.7 Å². The number of carboxylic acid groups (broad SMARTS) is 1. The number of likely N-dealkylation sites (tertiary alicyclic amines) is 1. The summed E-state index contributed by atoms with van der Waals surface area (Å²) in [6, 6.07) is 27.3. The van der Waals surface area contributed by atoms with E-state index in [0.29, 0.717) is 24.6 Å². The maximum Gasteiger partial charge on any atom is 0.352 e. The minimum atomic E-state index is -0.987. The van der Waals surface area contributed by atoms with Crippen LogP contribution in [-0.4, -0.2) is 46.1 Å². The van der Waals surface area contributed by atoms with Crippen molar-refractivity contribution in [1.29, 1.82) is 0 Å². The summed E-state index contributed by atoms with van der Waals surface area (Å²) >= 11 is 0. The monoisotopic (exact) mass is 521 g/mol. The van der Waals surface area contributed by atoms with E-state index in [1.54, 1.807) is 36.0 Å². The minimum Gasteiger partial charge on any atom is -0.477 e. The second-order valence-corrected chi connectivity index (χ2v) is 10.5. The zero-order valence-corrected chi connectivity index (χ0v) is 22.5. The molecule has 1 aliphatic rings. The molecule has 0 radical (unpaired) electrons. The number of nitrogens with zero attached hydrogens (tertiary/aromatic N) is 2. The van der Waals surface area contributed by atoms with Gasteiger partial charge >= 0.3 is 5.97 Å². The second-order valence-electron chi connectivity index (χ2n) is 10.5. The molecule has 39 heavy (non-hydrogen) atoms. The van der Waals surface area contributed by atoms with Gasteiger partial charge in [0.05, 0.1) is 0 Å². The Kier molecular flexibility index (Phi) is 7.94. The van der Waals surface area contributed by atoms with Crippen molar-refractivity contribution in [2.45, 2.75) is 25.3 Å². The molecule has 6 nitrogen and oxygen atoms in total. The molecule has 4 aromatic rings. The first-order valence-corrected chi connectivity index (χ1v) is 13.5. The molecule has 3 atom stereocenters. The van der Waals surface area contributed by atoms with Crippen LogP contribution >= 0.6 is 0 Å². The van der Waals surface area contributed by atoms with E-state index in [9.17, 15) is 14.7 Å². The summed E-state index contributed by atoms with van der Waals surface area (Å²) < 4.78 is 1.55. The smallest absolute Gasteiger partial charge is 0.352 e. The highest BCUT2D eigenvalue weighted by molar-refractivity contribution is 5.93. The third-order valence-electron chi connectivity index (χ3n) is 7.91. The van der Waals surface area contributed by atoms with Crippen LogP contribution < -0.4 is 5.32 Å². The Morgan fingerprint density at radius 1 is 1.05 bits per heavy atom. The summed E-state index contributed by atoms with van der Waals surface area (Å²) in [7, 11) is 1.69. The van der Waals surface area contributed by atoms with E-state index in [1.165, 1.54) is 21.9 Å². The van der Waals surface area contributed by atoms with E-state index in [0.717, 1.165) is 13.0 Å². The topological polar surface area (TPSA) is 74.6 Å². The minimum absolute atomic E-state index is 0.0469. The lowest BCUT2D eigenvalue weighted by Crippen LogP contribution is -2.46. The molecule has 0 aliphatic carbocycles. The number of rotatable bonds is 8. The highest BCUT2D eigenvalue weighted by Crippen LogP contribution is 2.34. The Morgan fingerprint density at radius 2 is 1.79 bits per heavy atom. The van der Waals surface area contributed by atoms with Crippen LogP contribution in [0.4, 0.5) is 0 Å². The number of aryl methyl sites for hydroxylation is 1. The molecular weight excluding hydrogens is 486 g/mol. The predicted octanol–water partition coefficient (Wildman–Crippen LogP) is 5.87. The molecule has 1 aliphatic heterocycles. The van der Waals surface area contributed by atoms with Gasteiger partial charge in [-0.2, -0.15) is 0 Å². The number of aromatic nitrogens is 1. The van der Waals surface area contributed by atoms with Gasteiger partial charge in [0.1, 0.15) is 5.69 Å². The Hall–Kier alpha value is -4.16. The summed E-state index contributed by atoms with van der Waals surface area (Å²) in [5.74, 6) is -0.418. The molecule has 1 aromatic heterocycles. The molecule has 1 amide bonds. The number of piperidine rings is 1. The summed E-state index contributed by atoms with van der Waals surface area (Å²) in [6.07, 6.45) is 5.88. The molecule has 2 heterocycles. The maximum absolute atomic E-state index is 13.2. The van der Waals surface area contributed by atoms with E-state index in [4.69, 9.17) is 0 Å². The van der Waals surface area contributed by atoms with E-state index in [1.807, 2.05) is 11.0 Å². The van der Waals surface area contributed by atoms with Gasteiger partial charge in [0.2, 0.25) is 5.91 Å². The first-order chi connectivity index (χ1) is 18.9. The van der Waals surface area contributed by atoms with Gasteiger partial charge in [0.25, 0.3) is 0 Å². The van der Waals surface area contributed by atoms with Crippen LogP contribution in [0.15, 0.2) is 91.1 Å². The van der Waals surface area contributed by atoms with Crippen molar-refractivity contribution in [2.75, 3.05) is 19.6 Å². The van der Waals surface area contributed by atoms with Gasteiger partial charge in [-0.3, -0.25) is 4.79 Å². The number of fused-ring (bicyclic) bond motifs is 1. The first kappa shape index (κ1) is 26.4. The molecular formula is C33H35N3O3. The van der Waals surface area contributed by atoms with E-state index < -0.39 is 5.97 Å². The number of hydrogen-bond acceptors (Lipinski definition) is 3. The van der Waals surface area contributed by atoms with Gasteiger partial charge in [0.15, 0.2) is 0 Å². The average molecular weight is 522 g/mol. The third kappa shape index (κ3) is 5.96. The number of carbonyl (C=O) groups excluding carboxylic acids is 1. The molecule has 0 bridgehead atoms. The van der Waals surface area contributed by atoms with E-state index >= 15 is 0 Å². The van der Waals surface area contributed by atoms with Crippen molar-refractivity contribution >= 4 is 28.7 Å². The van der Waals surface area contributed by atoms with Crippen molar-refractivity contribution in [2.24, 2.45) is 13.0 Å². The van der Waals surface area contributed by atoms with Gasteiger partial charge in [-0.25, -0.2) is 4.79 Å². The molecule has 2 N–H and O–H groups in total. The van der Waals surface area contributed by atoms with Crippen LogP contribution in [0.2, 0.25) is 0 Å². The Balaban J connectivity index is 1.31.